The maximum Gasteiger partial charge on any atom is 0.303 e. The van der Waals surface area contributed by atoms with Crippen LogP contribution in [0.25, 0.3) is 6.08 Å². The van der Waals surface area contributed by atoms with Crippen LogP contribution in [0.3, 0.4) is 0 Å². The van der Waals surface area contributed by atoms with Gasteiger partial charge in [0.05, 0.1) is 4.91 Å². The summed E-state index contributed by atoms with van der Waals surface area (Å²) in [6.45, 7) is 5.10. The first-order valence-corrected chi connectivity index (χ1v) is 12.3. The van der Waals surface area contributed by atoms with Crippen LogP contribution < -0.4 is 4.90 Å². The van der Waals surface area contributed by atoms with E-state index in [4.69, 9.17) is 17.3 Å². The average molecular weight is 482 g/mol. The molecule has 2 saturated heterocycles. The largest absolute Gasteiger partial charge is 0.481 e. The van der Waals surface area contributed by atoms with Crippen LogP contribution in [0, 0.1) is 0 Å². The van der Waals surface area contributed by atoms with E-state index in [2.05, 4.69) is 40.1 Å². The first-order chi connectivity index (χ1) is 16.0. The molecule has 0 atom stereocenters. The summed E-state index contributed by atoms with van der Waals surface area (Å²) in [5, 5.41) is 8.85. The Morgan fingerprint density at radius 1 is 1.03 bits per heavy atom. The molecule has 1 N–H and O–H groups in total. The van der Waals surface area contributed by atoms with Crippen molar-refractivity contribution in [2.45, 2.75) is 19.4 Å². The fraction of sp³-hybridized carbons (Fsp3) is 0.320. The van der Waals surface area contributed by atoms with Gasteiger partial charge in [0.2, 0.25) is 0 Å². The number of carbonyl (C=O) groups excluding carboxylic acids is 1. The molecule has 0 unspecified atom stereocenters. The Labute approximate surface area is 203 Å². The Morgan fingerprint density at radius 3 is 2.45 bits per heavy atom. The van der Waals surface area contributed by atoms with E-state index in [1.807, 2.05) is 30.3 Å². The van der Waals surface area contributed by atoms with Crippen LogP contribution in [0.2, 0.25) is 0 Å². The molecule has 8 heteroatoms. The van der Waals surface area contributed by atoms with Gasteiger partial charge in [-0.25, -0.2) is 0 Å². The molecule has 4 rings (SSSR count). The van der Waals surface area contributed by atoms with Gasteiger partial charge in [-0.15, -0.1) is 0 Å². The van der Waals surface area contributed by atoms with Gasteiger partial charge in [0.1, 0.15) is 4.32 Å². The van der Waals surface area contributed by atoms with Gasteiger partial charge in [-0.3, -0.25) is 19.4 Å². The predicted molar refractivity (Wildman–Crippen MR) is 137 cm³/mol. The molecule has 0 spiro atoms. The van der Waals surface area contributed by atoms with Crippen LogP contribution in [-0.2, 0) is 16.1 Å². The van der Waals surface area contributed by atoms with Gasteiger partial charge in [-0.1, -0.05) is 72.5 Å². The van der Waals surface area contributed by atoms with Gasteiger partial charge >= 0.3 is 5.97 Å². The lowest BCUT2D eigenvalue weighted by atomic mass is 10.1. The van der Waals surface area contributed by atoms with Crippen LogP contribution in [0.4, 0.5) is 5.69 Å². The molecule has 33 heavy (non-hydrogen) atoms. The van der Waals surface area contributed by atoms with Gasteiger partial charge in [0.25, 0.3) is 5.91 Å². The summed E-state index contributed by atoms with van der Waals surface area (Å²) in [7, 11) is 0. The summed E-state index contributed by atoms with van der Waals surface area (Å²) in [6, 6.07) is 18.7. The van der Waals surface area contributed by atoms with Crippen LogP contribution >= 0.6 is 24.0 Å². The molecule has 1 amide bonds. The zero-order valence-corrected chi connectivity index (χ0v) is 20.0. The molecule has 2 heterocycles. The lowest BCUT2D eigenvalue weighted by molar-refractivity contribution is -0.137. The number of hydrogen-bond acceptors (Lipinski definition) is 6. The van der Waals surface area contributed by atoms with Gasteiger partial charge in [-0.2, -0.15) is 0 Å². The number of amides is 1. The van der Waals surface area contributed by atoms with E-state index in [1.165, 1.54) is 22.2 Å². The zero-order chi connectivity index (χ0) is 23.2. The van der Waals surface area contributed by atoms with E-state index in [0.29, 0.717) is 22.2 Å². The number of hydrogen-bond donors (Lipinski definition) is 1. The highest BCUT2D eigenvalue weighted by atomic mass is 32.2. The van der Waals surface area contributed by atoms with Crippen molar-refractivity contribution in [1.82, 2.24) is 9.80 Å². The summed E-state index contributed by atoms with van der Waals surface area (Å²) >= 11 is 6.67. The van der Waals surface area contributed by atoms with Crippen molar-refractivity contribution in [3.05, 3.63) is 70.6 Å². The minimum Gasteiger partial charge on any atom is -0.481 e. The fourth-order valence-electron chi connectivity index (χ4n) is 4.11. The Hall–Kier alpha value is -2.68. The minimum absolute atomic E-state index is 0.0230. The third kappa shape index (κ3) is 6.01. The van der Waals surface area contributed by atoms with Crippen molar-refractivity contribution in [3.8, 4) is 0 Å². The monoisotopic (exact) mass is 481 g/mol. The second kappa shape index (κ2) is 11.0. The molecule has 172 valence electrons. The smallest absolute Gasteiger partial charge is 0.303 e. The van der Waals surface area contributed by atoms with Crippen molar-refractivity contribution in [1.29, 1.82) is 0 Å². The van der Waals surface area contributed by atoms with Crippen molar-refractivity contribution in [2.75, 3.05) is 37.6 Å². The Morgan fingerprint density at radius 2 is 1.73 bits per heavy atom. The fourth-order valence-corrected chi connectivity index (χ4v) is 5.41. The maximum atomic E-state index is 12.9. The normalized spacial score (nSPS) is 18.4. The minimum atomic E-state index is -0.867. The topological polar surface area (TPSA) is 64.1 Å². The number of piperazine rings is 1. The van der Waals surface area contributed by atoms with Gasteiger partial charge in [-0.05, 0) is 29.7 Å². The second-order valence-corrected chi connectivity index (χ2v) is 9.81. The first-order valence-electron chi connectivity index (χ1n) is 11.1. The molecule has 0 aromatic heterocycles. The van der Waals surface area contributed by atoms with Crippen molar-refractivity contribution < 1.29 is 14.7 Å². The number of anilines is 1. The summed E-state index contributed by atoms with van der Waals surface area (Å²) in [5.41, 5.74) is 3.45. The van der Waals surface area contributed by atoms with Crippen molar-refractivity contribution in [3.63, 3.8) is 0 Å². The second-order valence-electron chi connectivity index (χ2n) is 8.14. The molecule has 2 aliphatic rings. The standard InChI is InChI=1S/C25H27N3O3S2/c29-23(30)11-6-12-28-24(31)22(33-25(28)32)17-20-9-4-5-10-21(20)27-15-13-26(14-16-27)18-19-7-2-1-3-8-19/h1-5,7-10,17H,6,11-16,18H2,(H,29,30). The highest BCUT2D eigenvalue weighted by molar-refractivity contribution is 8.26. The third-order valence-corrected chi connectivity index (χ3v) is 7.21. The Kier molecular flexibility index (Phi) is 7.80. The third-order valence-electron chi connectivity index (χ3n) is 5.83. The van der Waals surface area contributed by atoms with E-state index in [9.17, 15) is 9.59 Å². The SMILES string of the molecule is O=C(O)CCCN1C(=O)C(=Cc2ccccc2N2CCN(Cc3ccccc3)CC2)SC1=S. The van der Waals surface area contributed by atoms with Crippen molar-refractivity contribution in [2.24, 2.45) is 0 Å². The summed E-state index contributed by atoms with van der Waals surface area (Å²) in [4.78, 5) is 30.6. The average Bonchev–Trinajstić information content (AvgIpc) is 3.08. The van der Waals surface area contributed by atoms with Gasteiger partial charge < -0.3 is 10.0 Å². The number of aliphatic carboxylic acids is 1. The number of thioether (sulfide) groups is 1. The molecule has 2 aromatic rings. The number of benzene rings is 2. The number of rotatable bonds is 8. The number of nitrogens with zero attached hydrogens (tertiary/aromatic N) is 3. The van der Waals surface area contributed by atoms with Gasteiger partial charge in [0, 0.05) is 51.4 Å². The van der Waals surface area contributed by atoms with E-state index in [1.54, 1.807) is 0 Å². The van der Waals surface area contributed by atoms with Crippen LogP contribution in [0.5, 0.6) is 0 Å². The first kappa shape index (κ1) is 23.5. The maximum absolute atomic E-state index is 12.9. The number of thiocarbonyl (C=S) groups is 1. The quantitative estimate of drug-likeness (QED) is 0.450. The number of carboxylic acid groups (broad SMARTS) is 1. The molecule has 0 radical (unpaired) electrons. The van der Waals surface area contributed by atoms with Crippen LogP contribution in [0.15, 0.2) is 59.5 Å². The van der Waals surface area contributed by atoms with E-state index in [0.717, 1.165) is 44.0 Å². The molecule has 2 aliphatic heterocycles. The molecule has 2 aromatic carbocycles. The number of para-hydroxylation sites is 1. The summed E-state index contributed by atoms with van der Waals surface area (Å²) in [5.74, 6) is -1.01. The van der Waals surface area contributed by atoms with Crippen molar-refractivity contribution >= 4 is 51.9 Å². The molecular weight excluding hydrogens is 454 g/mol. The summed E-state index contributed by atoms with van der Waals surface area (Å²) < 4.78 is 0.489. The van der Waals surface area contributed by atoms with Gasteiger partial charge in [0.15, 0.2) is 0 Å². The number of carboxylic acids is 1. The predicted octanol–water partition coefficient (Wildman–Crippen LogP) is 4.07. The Balaban J connectivity index is 1.42. The molecular formula is C25H27N3O3S2. The molecule has 6 nitrogen and oxygen atoms in total. The lowest BCUT2D eigenvalue weighted by Crippen LogP contribution is -2.46. The number of carbonyl (C=O) groups is 2. The molecule has 0 saturated carbocycles. The zero-order valence-electron chi connectivity index (χ0n) is 18.4. The molecule has 0 aliphatic carbocycles. The lowest BCUT2D eigenvalue weighted by Gasteiger charge is -2.36. The highest BCUT2D eigenvalue weighted by Crippen LogP contribution is 2.34. The van der Waals surface area contributed by atoms with E-state index >= 15 is 0 Å². The van der Waals surface area contributed by atoms with E-state index in [-0.39, 0.29) is 12.3 Å². The summed E-state index contributed by atoms with van der Waals surface area (Å²) in [6.07, 6.45) is 2.33. The highest BCUT2D eigenvalue weighted by Gasteiger charge is 2.32. The Bertz CT molecular complexity index is 1050. The van der Waals surface area contributed by atoms with Crippen LogP contribution in [-0.4, -0.2) is 63.8 Å². The van der Waals surface area contributed by atoms with Crippen LogP contribution in [0.1, 0.15) is 24.0 Å². The molecule has 2 fully saturated rings. The molecule has 0 bridgehead atoms. The van der Waals surface area contributed by atoms with E-state index < -0.39 is 5.97 Å².